The van der Waals surface area contributed by atoms with Gasteiger partial charge in [0, 0.05) is 6.92 Å². The highest BCUT2D eigenvalue weighted by Gasteiger charge is 2.11. The van der Waals surface area contributed by atoms with Crippen LogP contribution >= 0.6 is 23.4 Å². The summed E-state index contributed by atoms with van der Waals surface area (Å²) >= 11 is 6.94. The Labute approximate surface area is 65.2 Å². The van der Waals surface area contributed by atoms with E-state index in [1.807, 2.05) is 13.8 Å². The zero-order chi connectivity index (χ0) is 7.44. The molecule has 3 heteroatoms. The first-order valence-corrected chi connectivity index (χ1v) is 4.17. The largest absolute Gasteiger partial charge is 0.287 e. The van der Waals surface area contributed by atoms with E-state index >= 15 is 0 Å². The molecule has 0 N–H and O–H groups in total. The van der Waals surface area contributed by atoms with Crippen LogP contribution in [0.3, 0.4) is 0 Å². The molecule has 0 saturated carbocycles. The molecule has 0 aromatic rings. The summed E-state index contributed by atoms with van der Waals surface area (Å²) in [5.41, 5.74) is 0. The molecule has 0 rings (SSSR count). The number of hydrogen-bond donors (Lipinski definition) is 0. The molecule has 0 aliphatic carbocycles. The normalized spacial score (nSPS) is 13.9. The lowest BCUT2D eigenvalue weighted by molar-refractivity contribution is -0.109. The first-order valence-electron chi connectivity index (χ1n) is 2.85. The van der Waals surface area contributed by atoms with Crippen LogP contribution in [0.15, 0.2) is 0 Å². The van der Waals surface area contributed by atoms with Crippen molar-refractivity contribution < 1.29 is 4.79 Å². The minimum Gasteiger partial charge on any atom is -0.287 e. The Hall–Kier alpha value is 0.310. The smallest absolute Gasteiger partial charge is 0.187 e. The van der Waals surface area contributed by atoms with Gasteiger partial charge < -0.3 is 0 Å². The average molecular weight is 167 g/mol. The first-order chi connectivity index (χ1) is 4.04. The fourth-order valence-corrected chi connectivity index (χ4v) is 1.26. The minimum atomic E-state index is -0.0671. The molecule has 1 nitrogen and oxygen atoms in total. The Morgan fingerprint density at radius 2 is 2.00 bits per heavy atom. The molecule has 0 amide bonds. The van der Waals surface area contributed by atoms with Crippen LogP contribution in [-0.4, -0.2) is 9.82 Å². The summed E-state index contributed by atoms with van der Waals surface area (Å²) in [6, 6.07) is 0. The number of halogens is 1. The second-order valence-corrected chi connectivity index (χ2v) is 4.25. The van der Waals surface area contributed by atoms with Crippen molar-refractivity contribution in [2.75, 3.05) is 0 Å². The van der Waals surface area contributed by atoms with Gasteiger partial charge in [-0.1, -0.05) is 25.6 Å². The van der Waals surface area contributed by atoms with Crippen LogP contribution in [0.2, 0.25) is 0 Å². The summed E-state index contributed by atoms with van der Waals surface area (Å²) in [7, 11) is 0. The molecule has 0 bridgehead atoms. The fourth-order valence-electron chi connectivity index (χ4n) is 0.295. The molecule has 0 spiro atoms. The van der Waals surface area contributed by atoms with Gasteiger partial charge in [0.15, 0.2) is 5.12 Å². The lowest BCUT2D eigenvalue weighted by Crippen LogP contribution is -2.04. The van der Waals surface area contributed by atoms with E-state index < -0.39 is 0 Å². The van der Waals surface area contributed by atoms with Crippen molar-refractivity contribution in [3.63, 3.8) is 0 Å². The van der Waals surface area contributed by atoms with Crippen molar-refractivity contribution in [2.45, 2.75) is 25.5 Å². The third-order valence-corrected chi connectivity index (χ3v) is 2.68. The van der Waals surface area contributed by atoms with Crippen LogP contribution in [0.1, 0.15) is 20.8 Å². The Kier molecular flexibility index (Phi) is 4.32. The maximum absolute atomic E-state index is 10.4. The molecule has 9 heavy (non-hydrogen) atoms. The van der Waals surface area contributed by atoms with E-state index in [-0.39, 0.29) is 9.82 Å². The molecular weight excluding hydrogens is 156 g/mol. The molecule has 0 heterocycles. The number of rotatable bonds is 2. The summed E-state index contributed by atoms with van der Waals surface area (Å²) in [5, 5.41) is 0.0868. The van der Waals surface area contributed by atoms with Gasteiger partial charge in [0.2, 0.25) is 0 Å². The summed E-state index contributed by atoms with van der Waals surface area (Å²) in [4.78, 5) is 10.4. The Morgan fingerprint density at radius 1 is 1.56 bits per heavy atom. The van der Waals surface area contributed by atoms with Crippen molar-refractivity contribution in [3.8, 4) is 0 Å². The van der Waals surface area contributed by atoms with Crippen LogP contribution in [0.4, 0.5) is 0 Å². The third kappa shape index (κ3) is 4.79. The van der Waals surface area contributed by atoms with Crippen LogP contribution in [0.5, 0.6) is 0 Å². The quantitative estimate of drug-likeness (QED) is 0.587. The van der Waals surface area contributed by atoms with Gasteiger partial charge in [-0.15, -0.1) is 11.6 Å². The van der Waals surface area contributed by atoms with Gasteiger partial charge in [-0.25, -0.2) is 0 Å². The SMILES string of the molecule is CC(=O)SC(Cl)C(C)C. The van der Waals surface area contributed by atoms with Gasteiger partial charge in [0.1, 0.15) is 0 Å². The second kappa shape index (κ2) is 4.18. The van der Waals surface area contributed by atoms with E-state index in [2.05, 4.69) is 0 Å². The molecule has 0 aliphatic heterocycles. The Balaban J connectivity index is 3.50. The Morgan fingerprint density at radius 3 is 2.11 bits per heavy atom. The zero-order valence-corrected chi connectivity index (χ0v) is 7.42. The molecular formula is C6H11ClOS. The van der Waals surface area contributed by atoms with Crippen LogP contribution in [0, 0.1) is 5.92 Å². The monoisotopic (exact) mass is 166 g/mol. The predicted octanol–water partition coefficient (Wildman–Crippen LogP) is 2.49. The summed E-state index contributed by atoms with van der Waals surface area (Å²) in [5.74, 6) is 0.362. The van der Waals surface area contributed by atoms with E-state index in [0.717, 1.165) is 0 Å². The molecule has 0 aromatic carbocycles. The molecule has 54 valence electrons. The highest BCUT2D eigenvalue weighted by atomic mass is 35.5. The van der Waals surface area contributed by atoms with E-state index in [0.29, 0.717) is 5.92 Å². The summed E-state index contributed by atoms with van der Waals surface area (Å²) in [6.07, 6.45) is 0. The third-order valence-electron chi connectivity index (χ3n) is 0.803. The molecule has 1 unspecified atom stereocenters. The standard InChI is InChI=1S/C6H11ClOS/c1-4(2)6(7)9-5(3)8/h4,6H,1-3H3. The van der Waals surface area contributed by atoms with Crippen molar-refractivity contribution in [1.29, 1.82) is 0 Å². The number of carbonyl (C=O) groups is 1. The van der Waals surface area contributed by atoms with Crippen molar-refractivity contribution in [1.82, 2.24) is 0 Å². The van der Waals surface area contributed by atoms with Gasteiger partial charge in [-0.3, -0.25) is 4.79 Å². The summed E-state index contributed by atoms with van der Waals surface area (Å²) < 4.78 is -0.0671. The van der Waals surface area contributed by atoms with Crippen LogP contribution in [-0.2, 0) is 4.79 Å². The Bertz CT molecular complexity index is 103. The number of alkyl halides is 1. The predicted molar refractivity (Wildman–Crippen MR) is 42.8 cm³/mol. The highest BCUT2D eigenvalue weighted by Crippen LogP contribution is 2.23. The van der Waals surface area contributed by atoms with Gasteiger partial charge >= 0.3 is 0 Å². The van der Waals surface area contributed by atoms with Crippen molar-refractivity contribution in [3.05, 3.63) is 0 Å². The lowest BCUT2D eigenvalue weighted by Gasteiger charge is -2.08. The zero-order valence-electron chi connectivity index (χ0n) is 5.85. The van der Waals surface area contributed by atoms with Crippen molar-refractivity contribution in [2.24, 2.45) is 5.92 Å². The maximum atomic E-state index is 10.4. The number of carbonyl (C=O) groups excluding carboxylic acids is 1. The molecule has 0 radical (unpaired) electrons. The topological polar surface area (TPSA) is 17.1 Å². The van der Waals surface area contributed by atoms with Crippen molar-refractivity contribution >= 4 is 28.5 Å². The number of thioether (sulfide) groups is 1. The average Bonchev–Trinajstić information content (AvgIpc) is 1.63. The van der Waals surface area contributed by atoms with Crippen LogP contribution < -0.4 is 0 Å². The van der Waals surface area contributed by atoms with Crippen LogP contribution in [0.25, 0.3) is 0 Å². The molecule has 0 aliphatic rings. The second-order valence-electron chi connectivity index (χ2n) is 2.20. The summed E-state index contributed by atoms with van der Waals surface area (Å²) in [6.45, 7) is 5.52. The van der Waals surface area contributed by atoms with E-state index in [1.54, 1.807) is 0 Å². The highest BCUT2D eigenvalue weighted by molar-refractivity contribution is 8.15. The molecule has 0 fully saturated rings. The van der Waals surface area contributed by atoms with E-state index in [4.69, 9.17) is 11.6 Å². The van der Waals surface area contributed by atoms with Gasteiger partial charge in [0.05, 0.1) is 4.71 Å². The van der Waals surface area contributed by atoms with Gasteiger partial charge in [-0.05, 0) is 5.92 Å². The van der Waals surface area contributed by atoms with Gasteiger partial charge in [-0.2, -0.15) is 0 Å². The minimum absolute atomic E-state index is 0.0671. The molecule has 1 atom stereocenters. The van der Waals surface area contributed by atoms with E-state index in [9.17, 15) is 4.79 Å². The van der Waals surface area contributed by atoms with Gasteiger partial charge in [0.25, 0.3) is 0 Å². The molecule has 0 aromatic heterocycles. The lowest BCUT2D eigenvalue weighted by atomic mass is 10.3. The first kappa shape index (κ1) is 9.31. The fraction of sp³-hybridized carbons (Fsp3) is 0.833. The maximum Gasteiger partial charge on any atom is 0.187 e. The molecule has 0 saturated heterocycles. The number of hydrogen-bond acceptors (Lipinski definition) is 2. The van der Waals surface area contributed by atoms with E-state index in [1.165, 1.54) is 18.7 Å².